The van der Waals surface area contributed by atoms with Gasteiger partial charge in [0.15, 0.2) is 5.65 Å². The number of nitrogens with one attached hydrogen (secondary N) is 1. The predicted octanol–water partition coefficient (Wildman–Crippen LogP) is 3.33. The number of amides is 1. The van der Waals surface area contributed by atoms with Gasteiger partial charge in [0.25, 0.3) is 5.56 Å². The van der Waals surface area contributed by atoms with Gasteiger partial charge in [0, 0.05) is 4.88 Å². The standard InChI is InChI=1S/C24H22FN5O4S/c1-13-3-8-16-18(9-13)35-22(20(16)24(33)34-2)28-19(31)11-29-12-26-21-17(23(29)32)10-27-30(21)15-6-4-14(25)5-7-15/h4-7,10,12-13H,3,8-9,11H2,1-2H3,(H,28,31)/t13-/m1/s1. The van der Waals surface area contributed by atoms with Gasteiger partial charge >= 0.3 is 5.97 Å². The zero-order valence-corrected chi connectivity index (χ0v) is 19.9. The molecule has 180 valence electrons. The summed E-state index contributed by atoms with van der Waals surface area (Å²) in [5, 5.41) is 7.65. The quantitative estimate of drug-likeness (QED) is 0.426. The van der Waals surface area contributed by atoms with Crippen molar-refractivity contribution in [2.24, 2.45) is 5.92 Å². The normalized spacial score (nSPS) is 15.1. The first-order valence-electron chi connectivity index (χ1n) is 11.1. The molecule has 4 aromatic rings. The highest BCUT2D eigenvalue weighted by atomic mass is 32.1. The van der Waals surface area contributed by atoms with Gasteiger partial charge in [0.1, 0.15) is 29.1 Å². The van der Waals surface area contributed by atoms with Gasteiger partial charge in [0.05, 0.1) is 24.6 Å². The smallest absolute Gasteiger partial charge is 0.341 e. The maximum atomic E-state index is 13.2. The van der Waals surface area contributed by atoms with Crippen LogP contribution in [-0.2, 0) is 28.9 Å². The largest absolute Gasteiger partial charge is 0.465 e. The number of hydrogen-bond donors (Lipinski definition) is 1. The first kappa shape index (κ1) is 22.9. The Kier molecular flexibility index (Phi) is 5.93. The minimum Gasteiger partial charge on any atom is -0.465 e. The van der Waals surface area contributed by atoms with Crippen LogP contribution in [0.1, 0.15) is 34.1 Å². The molecule has 1 aromatic carbocycles. The second-order valence-corrected chi connectivity index (χ2v) is 9.65. The highest BCUT2D eigenvalue weighted by Gasteiger charge is 2.29. The van der Waals surface area contributed by atoms with Crippen LogP contribution in [0.3, 0.4) is 0 Å². The Morgan fingerprint density at radius 3 is 2.80 bits per heavy atom. The average Bonchev–Trinajstić information content (AvgIpc) is 3.42. The summed E-state index contributed by atoms with van der Waals surface area (Å²) >= 11 is 1.38. The number of nitrogens with zero attached hydrogens (tertiary/aromatic N) is 4. The van der Waals surface area contributed by atoms with Crippen molar-refractivity contribution >= 4 is 39.2 Å². The number of esters is 1. The van der Waals surface area contributed by atoms with Gasteiger partial charge in [0.2, 0.25) is 5.91 Å². The number of benzene rings is 1. The summed E-state index contributed by atoms with van der Waals surface area (Å²) in [6.45, 7) is 1.87. The lowest BCUT2D eigenvalue weighted by molar-refractivity contribution is -0.116. The number of rotatable bonds is 5. The van der Waals surface area contributed by atoms with Crippen LogP contribution in [0.2, 0.25) is 0 Å². The van der Waals surface area contributed by atoms with Crippen molar-refractivity contribution in [3.63, 3.8) is 0 Å². The van der Waals surface area contributed by atoms with E-state index in [0.29, 0.717) is 27.8 Å². The Hall–Kier alpha value is -3.86. The van der Waals surface area contributed by atoms with Crippen LogP contribution in [0.15, 0.2) is 41.6 Å². The molecule has 0 fully saturated rings. The monoisotopic (exact) mass is 495 g/mol. The number of halogens is 1. The molecule has 9 nitrogen and oxygen atoms in total. The van der Waals surface area contributed by atoms with E-state index in [1.54, 1.807) is 0 Å². The molecule has 5 rings (SSSR count). The summed E-state index contributed by atoms with van der Waals surface area (Å²) in [4.78, 5) is 43.7. The van der Waals surface area contributed by atoms with Gasteiger partial charge in [-0.25, -0.2) is 18.9 Å². The third-order valence-electron chi connectivity index (χ3n) is 6.09. The lowest BCUT2D eigenvalue weighted by Gasteiger charge is -2.18. The fourth-order valence-electron chi connectivity index (χ4n) is 4.31. The summed E-state index contributed by atoms with van der Waals surface area (Å²) in [5.41, 5.74) is 1.74. The van der Waals surface area contributed by atoms with Gasteiger partial charge in [-0.15, -0.1) is 11.3 Å². The molecule has 0 saturated heterocycles. The van der Waals surface area contributed by atoms with E-state index in [9.17, 15) is 18.8 Å². The Morgan fingerprint density at radius 1 is 1.29 bits per heavy atom. The Balaban J connectivity index is 1.41. The number of ether oxygens (including phenoxy) is 1. The summed E-state index contributed by atoms with van der Waals surface area (Å²) < 4.78 is 20.8. The Labute approximate surface area is 203 Å². The van der Waals surface area contributed by atoms with E-state index >= 15 is 0 Å². The van der Waals surface area contributed by atoms with Crippen LogP contribution in [0.25, 0.3) is 16.7 Å². The van der Waals surface area contributed by atoms with E-state index in [1.807, 2.05) is 0 Å². The number of aromatic nitrogens is 4. The Bertz CT molecular complexity index is 1500. The molecular weight excluding hydrogens is 473 g/mol. The lowest BCUT2D eigenvalue weighted by atomic mass is 9.88. The van der Waals surface area contributed by atoms with Crippen molar-refractivity contribution in [1.29, 1.82) is 0 Å². The van der Waals surface area contributed by atoms with Gasteiger partial charge in [-0.05, 0) is 55.0 Å². The molecule has 0 spiro atoms. The molecule has 35 heavy (non-hydrogen) atoms. The fourth-order valence-corrected chi connectivity index (χ4v) is 5.73. The Morgan fingerprint density at radius 2 is 2.06 bits per heavy atom. The molecule has 0 bridgehead atoms. The molecule has 0 radical (unpaired) electrons. The number of hydrogen-bond acceptors (Lipinski definition) is 7. The molecular formula is C24H22FN5O4S. The van der Waals surface area contributed by atoms with E-state index in [4.69, 9.17) is 4.74 Å². The average molecular weight is 496 g/mol. The number of anilines is 1. The molecule has 3 heterocycles. The van der Waals surface area contributed by atoms with Gasteiger partial charge in [-0.2, -0.15) is 5.10 Å². The molecule has 1 aliphatic rings. The summed E-state index contributed by atoms with van der Waals surface area (Å²) in [5.74, 6) is -0.831. The van der Waals surface area contributed by atoms with Crippen molar-refractivity contribution in [3.05, 3.63) is 69.0 Å². The summed E-state index contributed by atoms with van der Waals surface area (Å²) in [7, 11) is 1.32. The molecule has 1 N–H and O–H groups in total. The van der Waals surface area contributed by atoms with Crippen LogP contribution in [-0.4, -0.2) is 38.3 Å². The number of methoxy groups -OCH3 is 1. The summed E-state index contributed by atoms with van der Waals surface area (Å²) in [6, 6.07) is 5.64. The number of thiophene rings is 1. The minimum absolute atomic E-state index is 0.223. The van der Waals surface area contributed by atoms with E-state index in [2.05, 4.69) is 22.3 Å². The molecule has 1 atom stereocenters. The number of fused-ring (bicyclic) bond motifs is 2. The van der Waals surface area contributed by atoms with Crippen molar-refractivity contribution in [2.75, 3.05) is 12.4 Å². The lowest BCUT2D eigenvalue weighted by Crippen LogP contribution is -2.28. The highest BCUT2D eigenvalue weighted by Crippen LogP contribution is 2.40. The second-order valence-electron chi connectivity index (χ2n) is 8.54. The van der Waals surface area contributed by atoms with Crippen LogP contribution in [0.4, 0.5) is 9.39 Å². The molecule has 11 heteroatoms. The fraction of sp³-hybridized carbons (Fsp3) is 0.292. The molecule has 3 aromatic heterocycles. The van der Waals surface area contributed by atoms with Crippen LogP contribution in [0, 0.1) is 11.7 Å². The molecule has 1 amide bonds. The third-order valence-corrected chi connectivity index (χ3v) is 7.26. The molecule has 0 saturated carbocycles. The van der Waals surface area contributed by atoms with Crippen molar-refractivity contribution in [1.82, 2.24) is 19.3 Å². The highest BCUT2D eigenvalue weighted by molar-refractivity contribution is 7.17. The van der Waals surface area contributed by atoms with E-state index < -0.39 is 17.4 Å². The van der Waals surface area contributed by atoms with E-state index in [-0.39, 0.29) is 17.7 Å². The summed E-state index contributed by atoms with van der Waals surface area (Å²) in [6.07, 6.45) is 5.21. The minimum atomic E-state index is -0.485. The number of carbonyl (C=O) groups is 2. The van der Waals surface area contributed by atoms with Gasteiger partial charge in [-0.1, -0.05) is 6.92 Å². The van der Waals surface area contributed by atoms with Gasteiger partial charge < -0.3 is 10.1 Å². The molecule has 1 aliphatic carbocycles. The maximum Gasteiger partial charge on any atom is 0.341 e. The number of carbonyl (C=O) groups excluding carboxylic acids is 2. The van der Waals surface area contributed by atoms with Crippen molar-refractivity contribution in [3.8, 4) is 5.69 Å². The molecule has 0 aliphatic heterocycles. The van der Waals surface area contributed by atoms with Crippen LogP contribution < -0.4 is 10.9 Å². The SMILES string of the molecule is COC(=O)c1c(NC(=O)Cn2cnc3c(cnn3-c3ccc(F)cc3)c2=O)sc2c1CC[C@@H](C)C2. The van der Waals surface area contributed by atoms with Crippen LogP contribution in [0.5, 0.6) is 0 Å². The topological polar surface area (TPSA) is 108 Å². The maximum absolute atomic E-state index is 13.2. The zero-order valence-electron chi connectivity index (χ0n) is 19.1. The van der Waals surface area contributed by atoms with E-state index in [0.717, 1.165) is 29.7 Å². The molecule has 0 unspecified atom stereocenters. The van der Waals surface area contributed by atoms with Crippen molar-refractivity contribution in [2.45, 2.75) is 32.7 Å². The van der Waals surface area contributed by atoms with Crippen molar-refractivity contribution < 1.29 is 18.7 Å². The zero-order chi connectivity index (χ0) is 24.7. The second kappa shape index (κ2) is 9.06. The predicted molar refractivity (Wildman–Crippen MR) is 129 cm³/mol. The third kappa shape index (κ3) is 4.23. The van der Waals surface area contributed by atoms with E-state index in [1.165, 1.54) is 64.5 Å². The first-order valence-corrected chi connectivity index (χ1v) is 11.9. The first-order chi connectivity index (χ1) is 16.9. The van der Waals surface area contributed by atoms with Gasteiger partial charge in [-0.3, -0.25) is 14.2 Å². The van der Waals surface area contributed by atoms with Crippen LogP contribution >= 0.6 is 11.3 Å².